The van der Waals surface area contributed by atoms with E-state index in [9.17, 15) is 16.8 Å². The topological polar surface area (TPSA) is 92.1 Å². The highest BCUT2D eigenvalue weighted by atomic mass is 32.3. The zero-order valence-electron chi connectivity index (χ0n) is 15.2. The molecule has 2 aromatic rings. The number of hydrogen-bond donors (Lipinski definition) is 0. The number of benzene rings is 2. The Morgan fingerprint density at radius 2 is 1.39 bits per heavy atom. The van der Waals surface area contributed by atoms with Crippen LogP contribution in [0, 0.1) is 23.2 Å². The van der Waals surface area contributed by atoms with E-state index in [-0.39, 0.29) is 40.9 Å². The molecule has 0 radical (unpaired) electrons. The molecule has 0 unspecified atom stereocenters. The van der Waals surface area contributed by atoms with Gasteiger partial charge in [0.2, 0.25) is 0 Å². The molecule has 0 heterocycles. The first kappa shape index (κ1) is 20.3. The summed E-state index contributed by atoms with van der Waals surface area (Å²) in [6.07, 6.45) is 1.40. The minimum atomic E-state index is -4.25. The van der Waals surface area contributed by atoms with Crippen LogP contribution in [0.15, 0.2) is 83.1 Å². The maximum atomic E-state index is 13.7. The lowest BCUT2D eigenvalue weighted by molar-refractivity contribution is 0.468. The Hall–Kier alpha value is -2.43. The maximum absolute atomic E-state index is 13.7. The highest BCUT2D eigenvalue weighted by Gasteiger charge is 2.61. The molecule has 7 heteroatoms. The first-order valence-electron chi connectivity index (χ1n) is 8.89. The summed E-state index contributed by atoms with van der Waals surface area (Å²) in [7, 11) is -8.49. The first-order valence-corrected chi connectivity index (χ1v) is 11.9. The average Bonchev–Trinajstić information content (AvgIpc) is 3.10. The van der Waals surface area contributed by atoms with Crippen molar-refractivity contribution in [3.8, 4) is 6.07 Å². The van der Waals surface area contributed by atoms with Crippen LogP contribution in [0.5, 0.6) is 0 Å². The summed E-state index contributed by atoms with van der Waals surface area (Å²) in [4.78, 5) is -0.0650. The van der Waals surface area contributed by atoms with Crippen LogP contribution < -0.4 is 0 Å². The summed E-state index contributed by atoms with van der Waals surface area (Å²) < 4.78 is 52.7. The summed E-state index contributed by atoms with van der Waals surface area (Å²) >= 11 is 0. The van der Waals surface area contributed by atoms with E-state index in [2.05, 4.69) is 12.6 Å². The van der Waals surface area contributed by atoms with E-state index < -0.39 is 23.8 Å². The van der Waals surface area contributed by atoms with Crippen molar-refractivity contribution in [2.24, 2.45) is 11.8 Å². The quantitative estimate of drug-likeness (QED) is 0.670. The highest BCUT2D eigenvalue weighted by Crippen LogP contribution is 2.53. The van der Waals surface area contributed by atoms with Crippen LogP contribution in [0.4, 0.5) is 0 Å². The standard InChI is InChI=1S/C21H21NO4S2/c1-2-17-15-21(16-18(17)13-14-22,27(23,24)19-9-5-3-6-10-19)28(25,26)20-11-7-4-8-12-20/h2-12,17-18H,1,13,15-16H2/t17-,18+/m0/s1. The Kier molecular flexibility index (Phi) is 5.46. The van der Waals surface area contributed by atoms with E-state index in [4.69, 9.17) is 5.26 Å². The van der Waals surface area contributed by atoms with Crippen LogP contribution >= 0.6 is 0 Å². The second kappa shape index (κ2) is 7.53. The molecule has 28 heavy (non-hydrogen) atoms. The molecular weight excluding hydrogens is 394 g/mol. The fourth-order valence-corrected chi connectivity index (χ4v) is 9.30. The van der Waals surface area contributed by atoms with Crippen LogP contribution in [0.3, 0.4) is 0 Å². The third-order valence-corrected chi connectivity index (χ3v) is 11.2. The van der Waals surface area contributed by atoms with Gasteiger partial charge in [-0.2, -0.15) is 5.26 Å². The van der Waals surface area contributed by atoms with E-state index in [1.165, 1.54) is 24.3 Å². The first-order chi connectivity index (χ1) is 13.3. The van der Waals surface area contributed by atoms with Gasteiger partial charge in [0.15, 0.2) is 23.8 Å². The third kappa shape index (κ3) is 3.07. The van der Waals surface area contributed by atoms with E-state index in [1.807, 2.05) is 0 Å². The molecule has 0 saturated heterocycles. The average molecular weight is 416 g/mol. The number of sulfone groups is 2. The van der Waals surface area contributed by atoms with Crippen LogP contribution in [0.1, 0.15) is 19.3 Å². The summed E-state index contributed by atoms with van der Waals surface area (Å²) in [5, 5.41) is 9.17. The maximum Gasteiger partial charge on any atom is 0.198 e. The molecular formula is C21H21NO4S2. The van der Waals surface area contributed by atoms with Gasteiger partial charge in [-0.05, 0) is 48.9 Å². The van der Waals surface area contributed by atoms with Gasteiger partial charge in [0.05, 0.1) is 15.9 Å². The lowest BCUT2D eigenvalue weighted by atomic mass is 9.94. The predicted molar refractivity (Wildman–Crippen MR) is 107 cm³/mol. The zero-order valence-corrected chi connectivity index (χ0v) is 16.9. The molecule has 0 aromatic heterocycles. The molecule has 1 fully saturated rings. The molecule has 146 valence electrons. The van der Waals surface area contributed by atoms with E-state index in [0.717, 1.165) is 0 Å². The highest BCUT2D eigenvalue weighted by molar-refractivity contribution is 8.10. The zero-order chi connectivity index (χ0) is 20.4. The van der Waals surface area contributed by atoms with Gasteiger partial charge in [-0.3, -0.25) is 0 Å². The molecule has 1 saturated carbocycles. The number of nitrogens with zero attached hydrogens (tertiary/aromatic N) is 1. The Labute approximate surface area is 166 Å². The number of rotatable bonds is 6. The van der Waals surface area contributed by atoms with Gasteiger partial charge < -0.3 is 0 Å². The molecule has 5 nitrogen and oxygen atoms in total. The summed E-state index contributed by atoms with van der Waals surface area (Å²) in [6, 6.07) is 17.4. The second-order valence-electron chi connectivity index (χ2n) is 6.97. The molecule has 3 rings (SSSR count). The smallest absolute Gasteiger partial charge is 0.198 e. The van der Waals surface area contributed by atoms with Gasteiger partial charge in [-0.1, -0.05) is 42.5 Å². The van der Waals surface area contributed by atoms with Crippen molar-refractivity contribution in [1.82, 2.24) is 0 Å². The van der Waals surface area contributed by atoms with Gasteiger partial charge in [-0.25, -0.2) is 16.8 Å². The molecule has 2 atom stereocenters. The lowest BCUT2D eigenvalue weighted by Crippen LogP contribution is -2.44. The van der Waals surface area contributed by atoms with Crippen LogP contribution in [-0.4, -0.2) is 20.9 Å². The number of nitriles is 1. The summed E-state index contributed by atoms with van der Waals surface area (Å²) in [6.45, 7) is 3.75. The number of hydrogen-bond acceptors (Lipinski definition) is 5. The van der Waals surface area contributed by atoms with Crippen molar-refractivity contribution in [2.75, 3.05) is 0 Å². The molecule has 0 amide bonds. The van der Waals surface area contributed by atoms with E-state index >= 15 is 0 Å². The van der Waals surface area contributed by atoms with E-state index in [0.29, 0.717) is 0 Å². The Morgan fingerprint density at radius 3 is 1.79 bits per heavy atom. The Morgan fingerprint density at radius 1 is 0.929 bits per heavy atom. The molecule has 1 aliphatic rings. The van der Waals surface area contributed by atoms with Crippen molar-refractivity contribution in [1.29, 1.82) is 5.26 Å². The van der Waals surface area contributed by atoms with Crippen molar-refractivity contribution in [2.45, 2.75) is 33.1 Å². The Bertz CT molecular complexity index is 1030. The van der Waals surface area contributed by atoms with Crippen molar-refractivity contribution in [3.05, 3.63) is 73.3 Å². The number of allylic oxidation sites excluding steroid dienone is 1. The predicted octanol–water partition coefficient (Wildman–Crippen LogP) is 3.76. The monoisotopic (exact) mass is 415 g/mol. The van der Waals surface area contributed by atoms with Gasteiger partial charge in [0, 0.05) is 6.42 Å². The van der Waals surface area contributed by atoms with Crippen molar-refractivity contribution in [3.63, 3.8) is 0 Å². The van der Waals surface area contributed by atoms with Gasteiger partial charge in [0.1, 0.15) is 0 Å². The van der Waals surface area contributed by atoms with Gasteiger partial charge in [0.25, 0.3) is 0 Å². The largest absolute Gasteiger partial charge is 0.222 e. The molecule has 2 aromatic carbocycles. The van der Waals surface area contributed by atoms with Gasteiger partial charge in [-0.15, -0.1) is 6.58 Å². The molecule has 0 aliphatic heterocycles. The SMILES string of the molecule is C=C[C@H]1CC(S(=O)(=O)c2ccccc2)(S(=O)(=O)c2ccccc2)C[C@H]1CC#N. The van der Waals surface area contributed by atoms with Gasteiger partial charge >= 0.3 is 0 Å². The fraction of sp³-hybridized carbons (Fsp3) is 0.286. The summed E-state index contributed by atoms with van der Waals surface area (Å²) in [5.41, 5.74) is 0. The molecule has 0 N–H and O–H groups in total. The normalized spacial score (nSPS) is 21.7. The minimum Gasteiger partial charge on any atom is -0.222 e. The van der Waals surface area contributed by atoms with Crippen LogP contribution in [0.25, 0.3) is 0 Å². The third-order valence-electron chi connectivity index (χ3n) is 5.47. The van der Waals surface area contributed by atoms with E-state index in [1.54, 1.807) is 42.5 Å². The summed E-state index contributed by atoms with van der Waals surface area (Å²) in [5.74, 6) is -0.768. The molecule has 0 spiro atoms. The van der Waals surface area contributed by atoms with Crippen molar-refractivity contribution < 1.29 is 16.8 Å². The Balaban J connectivity index is 2.28. The second-order valence-corrected chi connectivity index (χ2v) is 11.8. The molecule has 1 aliphatic carbocycles. The van der Waals surface area contributed by atoms with Crippen LogP contribution in [0.2, 0.25) is 0 Å². The fourth-order valence-electron chi connectivity index (χ4n) is 3.99. The minimum absolute atomic E-state index is 0.0325. The van der Waals surface area contributed by atoms with Crippen molar-refractivity contribution >= 4 is 19.7 Å². The molecule has 0 bridgehead atoms. The lowest BCUT2D eigenvalue weighted by Gasteiger charge is -2.29. The van der Waals surface area contributed by atoms with Crippen LogP contribution in [-0.2, 0) is 19.7 Å².